The third-order valence-electron chi connectivity index (χ3n) is 1.60. The van der Waals surface area contributed by atoms with Gasteiger partial charge in [0.15, 0.2) is 0 Å². The first kappa shape index (κ1) is 8.66. The molecule has 0 saturated carbocycles. The summed E-state index contributed by atoms with van der Waals surface area (Å²) in [7, 11) is 1.95. The van der Waals surface area contributed by atoms with Crippen molar-refractivity contribution in [1.29, 1.82) is 0 Å². The van der Waals surface area contributed by atoms with Gasteiger partial charge in [0.2, 0.25) is 5.95 Å². The maximum absolute atomic E-state index is 5.12. The summed E-state index contributed by atoms with van der Waals surface area (Å²) in [5, 5.41) is 3.18. The summed E-state index contributed by atoms with van der Waals surface area (Å²) in [6, 6.07) is 0. The van der Waals surface area contributed by atoms with Crippen LogP contribution in [0, 0.1) is 12.3 Å². The molecule has 3 heteroatoms. The van der Waals surface area contributed by atoms with Crippen LogP contribution in [-0.4, -0.2) is 16.1 Å². The second-order valence-corrected chi connectivity index (χ2v) is 2.60. The Hall–Kier alpha value is -1.43. The molecular formula is C9H13N3. The SMILES string of the molecule is C#CCCCNc1nccn1C. The molecule has 0 spiro atoms. The van der Waals surface area contributed by atoms with Gasteiger partial charge in [-0.15, -0.1) is 12.3 Å². The molecule has 12 heavy (non-hydrogen) atoms. The average molecular weight is 163 g/mol. The Bertz CT molecular complexity index is 270. The van der Waals surface area contributed by atoms with Crippen molar-refractivity contribution in [3.05, 3.63) is 12.4 Å². The molecule has 1 N–H and O–H groups in total. The molecule has 0 aromatic carbocycles. The molecule has 0 aliphatic carbocycles. The van der Waals surface area contributed by atoms with E-state index in [1.54, 1.807) is 6.20 Å². The van der Waals surface area contributed by atoms with Crippen LogP contribution < -0.4 is 5.32 Å². The highest BCUT2D eigenvalue weighted by molar-refractivity contribution is 5.24. The van der Waals surface area contributed by atoms with Crippen LogP contribution in [0.5, 0.6) is 0 Å². The van der Waals surface area contributed by atoms with Crippen LogP contribution >= 0.6 is 0 Å². The predicted molar refractivity (Wildman–Crippen MR) is 49.8 cm³/mol. The minimum absolute atomic E-state index is 0.817. The highest BCUT2D eigenvalue weighted by atomic mass is 15.2. The topological polar surface area (TPSA) is 29.9 Å². The molecule has 0 aliphatic rings. The number of hydrogen-bond acceptors (Lipinski definition) is 2. The summed E-state index contributed by atoms with van der Waals surface area (Å²) in [5.41, 5.74) is 0. The molecule has 0 aliphatic heterocycles. The number of nitrogens with one attached hydrogen (secondary N) is 1. The first-order valence-corrected chi connectivity index (χ1v) is 3.99. The number of unbranched alkanes of at least 4 members (excludes halogenated alkanes) is 1. The first-order valence-electron chi connectivity index (χ1n) is 3.99. The number of aryl methyl sites for hydroxylation is 1. The monoisotopic (exact) mass is 163 g/mol. The number of terminal acetylenes is 1. The minimum atomic E-state index is 0.817. The largest absolute Gasteiger partial charge is 0.356 e. The van der Waals surface area contributed by atoms with E-state index >= 15 is 0 Å². The molecule has 0 atom stereocenters. The van der Waals surface area contributed by atoms with Crippen molar-refractivity contribution in [1.82, 2.24) is 9.55 Å². The normalized spacial score (nSPS) is 9.33. The summed E-state index contributed by atoms with van der Waals surface area (Å²) in [5.74, 6) is 3.49. The summed E-state index contributed by atoms with van der Waals surface area (Å²) in [6.45, 7) is 0.884. The van der Waals surface area contributed by atoms with Gasteiger partial charge in [-0.3, -0.25) is 0 Å². The van der Waals surface area contributed by atoms with Gasteiger partial charge in [0.05, 0.1) is 0 Å². The molecular weight excluding hydrogens is 150 g/mol. The zero-order valence-corrected chi connectivity index (χ0v) is 7.25. The van der Waals surface area contributed by atoms with Crippen molar-refractivity contribution in [3.8, 4) is 12.3 Å². The molecule has 1 aromatic rings. The van der Waals surface area contributed by atoms with E-state index in [-0.39, 0.29) is 0 Å². The summed E-state index contributed by atoms with van der Waals surface area (Å²) >= 11 is 0. The van der Waals surface area contributed by atoms with Crippen molar-refractivity contribution >= 4 is 5.95 Å². The Labute approximate surface area is 72.8 Å². The van der Waals surface area contributed by atoms with Crippen LogP contribution in [0.25, 0.3) is 0 Å². The van der Waals surface area contributed by atoms with Crippen LogP contribution in [0.4, 0.5) is 5.95 Å². The Morgan fingerprint density at radius 1 is 1.75 bits per heavy atom. The average Bonchev–Trinajstić information content (AvgIpc) is 2.46. The standard InChI is InChI=1S/C9H13N3/c1-3-4-5-6-10-9-11-7-8-12(9)2/h1,7-8H,4-6H2,2H3,(H,10,11). The molecule has 1 aromatic heterocycles. The van der Waals surface area contributed by atoms with Gasteiger partial charge in [-0.05, 0) is 6.42 Å². The van der Waals surface area contributed by atoms with Crippen molar-refractivity contribution < 1.29 is 0 Å². The number of hydrogen-bond donors (Lipinski definition) is 1. The Morgan fingerprint density at radius 2 is 2.58 bits per heavy atom. The lowest BCUT2D eigenvalue weighted by Crippen LogP contribution is -2.05. The fourth-order valence-corrected chi connectivity index (χ4v) is 0.927. The Balaban J connectivity index is 2.25. The number of nitrogens with zero attached hydrogens (tertiary/aromatic N) is 2. The van der Waals surface area contributed by atoms with Crippen LogP contribution in [0.15, 0.2) is 12.4 Å². The maximum atomic E-state index is 5.12. The number of aromatic nitrogens is 2. The second kappa shape index (κ2) is 4.45. The zero-order valence-electron chi connectivity index (χ0n) is 7.25. The van der Waals surface area contributed by atoms with E-state index in [0.29, 0.717) is 0 Å². The molecule has 0 bridgehead atoms. The van der Waals surface area contributed by atoms with E-state index < -0.39 is 0 Å². The number of imidazole rings is 1. The van der Waals surface area contributed by atoms with Gasteiger partial charge in [0.1, 0.15) is 0 Å². The van der Waals surface area contributed by atoms with Gasteiger partial charge in [0.25, 0.3) is 0 Å². The summed E-state index contributed by atoms with van der Waals surface area (Å²) < 4.78 is 1.94. The van der Waals surface area contributed by atoms with Crippen molar-refractivity contribution in [2.24, 2.45) is 7.05 Å². The lowest BCUT2D eigenvalue weighted by atomic mass is 10.3. The third kappa shape index (κ3) is 2.31. The lowest BCUT2D eigenvalue weighted by Gasteiger charge is -2.03. The smallest absolute Gasteiger partial charge is 0.202 e. The van der Waals surface area contributed by atoms with Gasteiger partial charge in [-0.25, -0.2) is 4.98 Å². The lowest BCUT2D eigenvalue weighted by molar-refractivity contribution is 0.856. The zero-order chi connectivity index (χ0) is 8.81. The van der Waals surface area contributed by atoms with Crippen molar-refractivity contribution in [2.75, 3.05) is 11.9 Å². The Kier molecular flexibility index (Phi) is 3.21. The van der Waals surface area contributed by atoms with Crippen molar-refractivity contribution in [2.45, 2.75) is 12.8 Å². The molecule has 0 saturated heterocycles. The van der Waals surface area contributed by atoms with Gasteiger partial charge in [0, 0.05) is 32.4 Å². The van der Waals surface area contributed by atoms with Crippen LogP contribution in [0.1, 0.15) is 12.8 Å². The summed E-state index contributed by atoms with van der Waals surface area (Å²) in [4.78, 5) is 4.11. The predicted octanol–water partition coefficient (Wildman–Crippen LogP) is 1.25. The van der Waals surface area contributed by atoms with Crippen LogP contribution in [0.3, 0.4) is 0 Å². The minimum Gasteiger partial charge on any atom is -0.356 e. The molecule has 64 valence electrons. The number of rotatable bonds is 4. The van der Waals surface area contributed by atoms with Crippen molar-refractivity contribution in [3.63, 3.8) is 0 Å². The van der Waals surface area contributed by atoms with E-state index in [1.807, 2.05) is 17.8 Å². The highest BCUT2D eigenvalue weighted by Gasteiger charge is 1.94. The van der Waals surface area contributed by atoms with E-state index in [4.69, 9.17) is 6.42 Å². The molecule has 0 amide bonds. The fourth-order valence-electron chi connectivity index (χ4n) is 0.927. The van der Waals surface area contributed by atoms with Gasteiger partial charge in [-0.1, -0.05) is 0 Å². The molecule has 0 radical (unpaired) electrons. The molecule has 0 fully saturated rings. The third-order valence-corrected chi connectivity index (χ3v) is 1.60. The first-order chi connectivity index (χ1) is 5.84. The number of anilines is 1. The van der Waals surface area contributed by atoms with E-state index in [1.165, 1.54) is 0 Å². The quantitative estimate of drug-likeness (QED) is 0.534. The van der Waals surface area contributed by atoms with E-state index in [2.05, 4.69) is 16.2 Å². The van der Waals surface area contributed by atoms with Gasteiger partial charge in [-0.2, -0.15) is 0 Å². The molecule has 0 unspecified atom stereocenters. The highest BCUT2D eigenvalue weighted by Crippen LogP contribution is 2.00. The van der Waals surface area contributed by atoms with E-state index in [9.17, 15) is 0 Å². The maximum Gasteiger partial charge on any atom is 0.202 e. The summed E-state index contributed by atoms with van der Waals surface area (Å²) in [6.07, 6.45) is 10.6. The van der Waals surface area contributed by atoms with Crippen LogP contribution in [0.2, 0.25) is 0 Å². The Morgan fingerprint density at radius 3 is 3.17 bits per heavy atom. The van der Waals surface area contributed by atoms with Crippen LogP contribution in [-0.2, 0) is 7.05 Å². The van der Waals surface area contributed by atoms with Gasteiger partial charge < -0.3 is 9.88 Å². The molecule has 3 nitrogen and oxygen atoms in total. The van der Waals surface area contributed by atoms with E-state index in [0.717, 1.165) is 25.3 Å². The second-order valence-electron chi connectivity index (χ2n) is 2.60. The molecule has 1 rings (SSSR count). The van der Waals surface area contributed by atoms with Gasteiger partial charge >= 0.3 is 0 Å². The fraction of sp³-hybridized carbons (Fsp3) is 0.444. The molecule has 1 heterocycles.